The van der Waals surface area contributed by atoms with E-state index in [0.717, 1.165) is 10.2 Å². The Labute approximate surface area is 139 Å². The van der Waals surface area contributed by atoms with E-state index in [1.54, 1.807) is 11.3 Å². The van der Waals surface area contributed by atoms with Gasteiger partial charge in [0.15, 0.2) is 0 Å². The Balaban J connectivity index is 1.61. The fourth-order valence-electron chi connectivity index (χ4n) is 3.87. The third-order valence-corrected chi connectivity index (χ3v) is 5.90. The Kier molecular flexibility index (Phi) is 3.88. The number of rotatable bonds is 2. The van der Waals surface area contributed by atoms with Crippen molar-refractivity contribution in [1.29, 1.82) is 0 Å². The summed E-state index contributed by atoms with van der Waals surface area (Å²) in [4.78, 5) is 18.3. The molecule has 4 rings (SSSR count). The monoisotopic (exact) mass is 334 g/mol. The molecule has 23 heavy (non-hydrogen) atoms. The third kappa shape index (κ3) is 2.57. The molecule has 2 aliphatic heterocycles. The molecule has 124 valence electrons. The molecule has 2 aromatic rings. The highest BCUT2D eigenvalue weighted by molar-refractivity contribution is 7.17. The van der Waals surface area contributed by atoms with Crippen molar-refractivity contribution in [2.45, 2.75) is 32.0 Å². The Morgan fingerprint density at radius 2 is 2.13 bits per heavy atom. The first-order valence-corrected chi connectivity index (χ1v) is 8.99. The lowest BCUT2D eigenvalue weighted by atomic mass is 9.87. The number of nitrogens with zero attached hydrogens (tertiary/aromatic N) is 1. The molecule has 2 fully saturated rings. The SMILES string of the molecule is CC1NNC(C)C1C1COCCN1C(=O)c1cc2sccc2[nH]1. The molecule has 2 aliphatic rings. The van der Waals surface area contributed by atoms with Crippen molar-refractivity contribution in [3.05, 3.63) is 23.2 Å². The molecule has 0 radical (unpaired) electrons. The maximum absolute atomic E-state index is 13.1. The summed E-state index contributed by atoms with van der Waals surface area (Å²) < 4.78 is 6.82. The number of ether oxygens (including phenoxy) is 1. The number of nitrogens with one attached hydrogen (secondary N) is 3. The van der Waals surface area contributed by atoms with Crippen molar-refractivity contribution in [2.75, 3.05) is 19.8 Å². The Morgan fingerprint density at radius 1 is 1.35 bits per heavy atom. The fourth-order valence-corrected chi connectivity index (χ4v) is 4.65. The predicted molar refractivity (Wildman–Crippen MR) is 90.5 cm³/mol. The zero-order valence-electron chi connectivity index (χ0n) is 13.3. The van der Waals surface area contributed by atoms with Crippen LogP contribution in [-0.2, 0) is 4.74 Å². The quantitative estimate of drug-likeness (QED) is 0.780. The average molecular weight is 334 g/mol. The summed E-state index contributed by atoms with van der Waals surface area (Å²) in [5.74, 6) is 0.406. The number of carbonyl (C=O) groups excluding carboxylic acids is 1. The second kappa shape index (κ2) is 5.90. The third-order valence-electron chi connectivity index (χ3n) is 5.03. The molecule has 3 unspecified atom stereocenters. The molecule has 6 nitrogen and oxygen atoms in total. The minimum absolute atomic E-state index is 0.0769. The molecule has 3 N–H and O–H groups in total. The lowest BCUT2D eigenvalue weighted by molar-refractivity contribution is -0.0235. The topological polar surface area (TPSA) is 69.4 Å². The van der Waals surface area contributed by atoms with E-state index < -0.39 is 0 Å². The van der Waals surface area contributed by atoms with E-state index in [1.165, 1.54) is 0 Å². The highest BCUT2D eigenvalue weighted by Gasteiger charge is 2.42. The van der Waals surface area contributed by atoms with Crippen LogP contribution in [0, 0.1) is 5.92 Å². The zero-order chi connectivity index (χ0) is 16.0. The molecule has 0 spiro atoms. The number of morpholine rings is 1. The number of hydrogen-bond acceptors (Lipinski definition) is 5. The van der Waals surface area contributed by atoms with Gasteiger partial charge in [0.05, 0.1) is 29.5 Å². The van der Waals surface area contributed by atoms with E-state index in [0.29, 0.717) is 43.5 Å². The summed E-state index contributed by atoms with van der Waals surface area (Å²) in [6, 6.07) is 4.68. The Morgan fingerprint density at radius 3 is 2.87 bits per heavy atom. The van der Waals surface area contributed by atoms with Gasteiger partial charge in [-0.05, 0) is 31.4 Å². The molecular weight excluding hydrogens is 312 g/mol. The van der Waals surface area contributed by atoms with Crippen molar-refractivity contribution in [3.63, 3.8) is 0 Å². The van der Waals surface area contributed by atoms with E-state index in [1.807, 2.05) is 22.4 Å². The molecule has 0 saturated carbocycles. The number of aromatic nitrogens is 1. The van der Waals surface area contributed by atoms with Crippen LogP contribution in [0.15, 0.2) is 17.5 Å². The number of carbonyl (C=O) groups is 1. The summed E-state index contributed by atoms with van der Waals surface area (Å²) in [6.45, 7) is 6.16. The molecular formula is C16H22N4O2S. The normalized spacial score (nSPS) is 31.8. The molecule has 3 atom stereocenters. The minimum atomic E-state index is 0.0769. The maximum atomic E-state index is 13.1. The molecule has 0 bridgehead atoms. The van der Waals surface area contributed by atoms with Crippen molar-refractivity contribution >= 4 is 27.5 Å². The molecule has 2 aromatic heterocycles. The summed E-state index contributed by atoms with van der Waals surface area (Å²) in [7, 11) is 0. The summed E-state index contributed by atoms with van der Waals surface area (Å²) >= 11 is 1.65. The first-order chi connectivity index (χ1) is 11.1. The van der Waals surface area contributed by atoms with Crippen molar-refractivity contribution in [1.82, 2.24) is 20.7 Å². The number of hydrogen-bond donors (Lipinski definition) is 3. The van der Waals surface area contributed by atoms with Crippen LogP contribution in [0.3, 0.4) is 0 Å². The predicted octanol–water partition coefficient (Wildman–Crippen LogP) is 1.57. The lowest BCUT2D eigenvalue weighted by Gasteiger charge is -2.41. The smallest absolute Gasteiger partial charge is 0.270 e. The largest absolute Gasteiger partial charge is 0.377 e. The van der Waals surface area contributed by atoms with Crippen LogP contribution in [0.4, 0.5) is 0 Å². The molecule has 2 saturated heterocycles. The summed E-state index contributed by atoms with van der Waals surface area (Å²) in [6.07, 6.45) is 0. The number of hydrazine groups is 1. The van der Waals surface area contributed by atoms with Gasteiger partial charge in [0.1, 0.15) is 5.69 Å². The molecule has 0 aliphatic carbocycles. The number of amides is 1. The van der Waals surface area contributed by atoms with Crippen LogP contribution in [-0.4, -0.2) is 53.7 Å². The standard InChI is InChI=1S/C16H22N4O2S/c1-9-15(10(2)19-18-9)13-8-22-5-4-20(13)16(21)12-7-14-11(17-12)3-6-23-14/h3,6-7,9-10,13,15,17-19H,4-5,8H2,1-2H3. The van der Waals surface area contributed by atoms with Crippen molar-refractivity contribution in [2.24, 2.45) is 5.92 Å². The number of fused-ring (bicyclic) bond motifs is 1. The van der Waals surface area contributed by atoms with Gasteiger partial charge < -0.3 is 14.6 Å². The van der Waals surface area contributed by atoms with Crippen molar-refractivity contribution < 1.29 is 9.53 Å². The molecule has 1 amide bonds. The second-order valence-electron chi connectivity index (χ2n) is 6.47. The van der Waals surface area contributed by atoms with Gasteiger partial charge >= 0.3 is 0 Å². The Bertz CT molecular complexity index is 673. The fraction of sp³-hybridized carbons (Fsp3) is 0.562. The lowest BCUT2D eigenvalue weighted by Crippen LogP contribution is -2.55. The van der Waals surface area contributed by atoms with Gasteiger partial charge in [-0.1, -0.05) is 0 Å². The number of aromatic amines is 1. The first-order valence-electron chi connectivity index (χ1n) is 8.11. The highest BCUT2D eigenvalue weighted by Crippen LogP contribution is 2.28. The van der Waals surface area contributed by atoms with Gasteiger partial charge in [-0.15, -0.1) is 11.3 Å². The van der Waals surface area contributed by atoms with Gasteiger partial charge in [-0.3, -0.25) is 15.6 Å². The Hall–Kier alpha value is -1.41. The van der Waals surface area contributed by atoms with Gasteiger partial charge in [-0.2, -0.15) is 0 Å². The first kappa shape index (κ1) is 15.1. The van der Waals surface area contributed by atoms with E-state index in [4.69, 9.17) is 4.74 Å². The van der Waals surface area contributed by atoms with Crippen LogP contribution in [0.2, 0.25) is 0 Å². The van der Waals surface area contributed by atoms with Gasteiger partial charge in [0.2, 0.25) is 0 Å². The second-order valence-corrected chi connectivity index (χ2v) is 7.41. The summed E-state index contributed by atoms with van der Waals surface area (Å²) in [5.41, 5.74) is 8.28. The van der Waals surface area contributed by atoms with Crippen LogP contribution in [0.1, 0.15) is 24.3 Å². The highest BCUT2D eigenvalue weighted by atomic mass is 32.1. The molecule has 0 aromatic carbocycles. The average Bonchev–Trinajstić information content (AvgIpc) is 3.22. The zero-order valence-corrected chi connectivity index (χ0v) is 14.2. The number of thiophene rings is 1. The van der Waals surface area contributed by atoms with E-state index in [-0.39, 0.29) is 11.9 Å². The van der Waals surface area contributed by atoms with Crippen LogP contribution in [0.25, 0.3) is 10.2 Å². The van der Waals surface area contributed by atoms with Crippen molar-refractivity contribution in [3.8, 4) is 0 Å². The van der Waals surface area contributed by atoms with Crippen LogP contribution in [0.5, 0.6) is 0 Å². The van der Waals surface area contributed by atoms with Crippen LogP contribution >= 0.6 is 11.3 Å². The van der Waals surface area contributed by atoms with E-state index in [2.05, 4.69) is 29.7 Å². The van der Waals surface area contributed by atoms with E-state index in [9.17, 15) is 4.79 Å². The van der Waals surface area contributed by atoms with E-state index >= 15 is 0 Å². The van der Waals surface area contributed by atoms with Gasteiger partial charge in [0, 0.05) is 24.5 Å². The van der Waals surface area contributed by atoms with Gasteiger partial charge in [0.25, 0.3) is 5.91 Å². The minimum Gasteiger partial charge on any atom is -0.377 e. The van der Waals surface area contributed by atoms with Gasteiger partial charge in [-0.25, -0.2) is 0 Å². The van der Waals surface area contributed by atoms with Crippen LogP contribution < -0.4 is 10.9 Å². The maximum Gasteiger partial charge on any atom is 0.270 e. The molecule has 7 heteroatoms. The molecule has 4 heterocycles. The summed E-state index contributed by atoms with van der Waals surface area (Å²) in [5, 5.41) is 2.03. The number of H-pyrrole nitrogens is 1.